The van der Waals surface area contributed by atoms with Crippen LogP contribution >= 0.6 is 11.6 Å². The molecule has 7 nitrogen and oxygen atoms in total. The molecule has 0 atom stereocenters. The molecule has 2 aromatic heterocycles. The average molecular weight is 302 g/mol. The first-order valence-corrected chi connectivity index (χ1v) is 6.45. The Morgan fingerprint density at radius 2 is 2.40 bits per heavy atom. The number of fused-ring (bicyclic) bond motifs is 1. The van der Waals surface area contributed by atoms with Crippen LogP contribution in [0.5, 0.6) is 5.88 Å². The van der Waals surface area contributed by atoms with E-state index in [-0.39, 0.29) is 24.3 Å². The SMILES string of the molecule is [2H]C1([2H])OCCN(CCn2cnc3nc(Cl)nc(OC)c32)C1([2H])[2H]. The van der Waals surface area contributed by atoms with Crippen LogP contribution in [0.1, 0.15) is 5.48 Å². The van der Waals surface area contributed by atoms with Crippen molar-refractivity contribution in [2.24, 2.45) is 0 Å². The summed E-state index contributed by atoms with van der Waals surface area (Å²) in [6.07, 6.45) is 1.54. The van der Waals surface area contributed by atoms with E-state index in [9.17, 15) is 0 Å². The highest BCUT2D eigenvalue weighted by Crippen LogP contribution is 2.23. The summed E-state index contributed by atoms with van der Waals surface area (Å²) in [6.45, 7) is -3.57. The zero-order valence-electron chi connectivity index (χ0n) is 14.8. The van der Waals surface area contributed by atoms with Crippen molar-refractivity contribution in [2.75, 3.05) is 39.9 Å². The standard InChI is InChI=1S/C12H16ClN5O2/c1-19-11-9-10(15-12(13)16-11)14-8-18(9)3-2-17-4-6-20-7-5-17/h8H,2-7H2,1H3/i4D2,6D2. The Balaban J connectivity index is 1.84. The second-order valence-electron chi connectivity index (χ2n) is 4.16. The molecule has 0 N–H and O–H groups in total. The van der Waals surface area contributed by atoms with Gasteiger partial charge in [0.1, 0.15) is 0 Å². The van der Waals surface area contributed by atoms with Crippen LogP contribution in [0.15, 0.2) is 6.33 Å². The summed E-state index contributed by atoms with van der Waals surface area (Å²) in [6, 6.07) is 0. The molecule has 1 fully saturated rings. The summed E-state index contributed by atoms with van der Waals surface area (Å²) in [4.78, 5) is 13.6. The molecule has 0 aliphatic carbocycles. The van der Waals surface area contributed by atoms with Crippen molar-refractivity contribution in [1.82, 2.24) is 24.4 Å². The Labute approximate surface area is 127 Å². The third-order valence-electron chi connectivity index (χ3n) is 2.96. The molecule has 3 heterocycles. The first-order chi connectivity index (χ1) is 11.3. The van der Waals surface area contributed by atoms with Gasteiger partial charge < -0.3 is 14.0 Å². The molecule has 1 aliphatic rings. The van der Waals surface area contributed by atoms with Crippen molar-refractivity contribution in [2.45, 2.75) is 6.54 Å². The van der Waals surface area contributed by atoms with Crippen molar-refractivity contribution in [3.63, 3.8) is 0 Å². The van der Waals surface area contributed by atoms with E-state index in [1.165, 1.54) is 12.0 Å². The van der Waals surface area contributed by atoms with Crippen LogP contribution in [0.3, 0.4) is 0 Å². The highest BCUT2D eigenvalue weighted by molar-refractivity contribution is 6.28. The molecule has 0 radical (unpaired) electrons. The Bertz CT molecular complexity index is 756. The molecule has 0 unspecified atom stereocenters. The zero-order valence-corrected chi connectivity index (χ0v) is 11.6. The molecule has 0 bridgehead atoms. The van der Waals surface area contributed by atoms with Crippen LogP contribution < -0.4 is 4.74 Å². The number of rotatable bonds is 4. The lowest BCUT2D eigenvalue weighted by molar-refractivity contribution is 0.0365. The molecule has 0 spiro atoms. The lowest BCUT2D eigenvalue weighted by Crippen LogP contribution is -2.38. The minimum absolute atomic E-state index is 0.0299. The monoisotopic (exact) mass is 301 g/mol. The Morgan fingerprint density at radius 1 is 1.50 bits per heavy atom. The van der Waals surface area contributed by atoms with Gasteiger partial charge in [0, 0.05) is 28.9 Å². The fourth-order valence-corrected chi connectivity index (χ4v) is 2.15. The maximum atomic E-state index is 7.99. The number of hydrogen-bond donors (Lipinski definition) is 0. The highest BCUT2D eigenvalue weighted by atomic mass is 35.5. The minimum atomic E-state index is -2.36. The van der Waals surface area contributed by atoms with Crippen LogP contribution in [0, 0.1) is 0 Å². The highest BCUT2D eigenvalue weighted by Gasteiger charge is 2.15. The molecule has 1 saturated heterocycles. The van der Waals surface area contributed by atoms with Gasteiger partial charge in [-0.15, -0.1) is 0 Å². The van der Waals surface area contributed by atoms with Gasteiger partial charge in [0.2, 0.25) is 11.2 Å². The van der Waals surface area contributed by atoms with Gasteiger partial charge in [0.25, 0.3) is 0 Å². The fourth-order valence-electron chi connectivity index (χ4n) is 1.99. The Hall–Kier alpha value is -1.44. The van der Waals surface area contributed by atoms with E-state index >= 15 is 0 Å². The lowest BCUT2D eigenvalue weighted by Gasteiger charge is -2.26. The number of hydrogen-bond acceptors (Lipinski definition) is 6. The van der Waals surface area contributed by atoms with Crippen LogP contribution in [0.2, 0.25) is 5.28 Å². The van der Waals surface area contributed by atoms with Gasteiger partial charge in [-0.1, -0.05) is 0 Å². The van der Waals surface area contributed by atoms with Crippen molar-refractivity contribution in [3.8, 4) is 5.88 Å². The summed E-state index contributed by atoms with van der Waals surface area (Å²) >= 11 is 5.81. The zero-order chi connectivity index (χ0) is 17.5. The van der Waals surface area contributed by atoms with Crippen molar-refractivity contribution >= 4 is 22.8 Å². The van der Waals surface area contributed by atoms with Gasteiger partial charge in [-0.3, -0.25) is 4.90 Å². The summed E-state index contributed by atoms with van der Waals surface area (Å²) in [7, 11) is 1.46. The van der Waals surface area contributed by atoms with Gasteiger partial charge in [-0.2, -0.15) is 9.97 Å². The molecular weight excluding hydrogens is 282 g/mol. The van der Waals surface area contributed by atoms with Gasteiger partial charge in [-0.05, 0) is 11.6 Å². The maximum Gasteiger partial charge on any atom is 0.244 e. The van der Waals surface area contributed by atoms with Crippen LogP contribution in [-0.4, -0.2) is 64.3 Å². The van der Waals surface area contributed by atoms with Gasteiger partial charge in [-0.25, -0.2) is 4.98 Å². The summed E-state index contributed by atoms with van der Waals surface area (Å²) < 4.78 is 43.2. The second-order valence-corrected chi connectivity index (χ2v) is 4.50. The first kappa shape index (κ1) is 9.49. The maximum absolute atomic E-state index is 7.99. The molecule has 2 aromatic rings. The summed E-state index contributed by atoms with van der Waals surface area (Å²) in [5.41, 5.74) is 0.936. The predicted molar refractivity (Wildman–Crippen MR) is 74.1 cm³/mol. The number of methoxy groups -OCH3 is 1. The second kappa shape index (κ2) is 5.90. The van der Waals surface area contributed by atoms with Crippen LogP contribution in [0.25, 0.3) is 11.2 Å². The molecule has 1 aliphatic heterocycles. The van der Waals surface area contributed by atoms with Crippen molar-refractivity contribution in [1.29, 1.82) is 0 Å². The van der Waals surface area contributed by atoms with Gasteiger partial charge >= 0.3 is 0 Å². The summed E-state index contributed by atoms with van der Waals surface area (Å²) in [5, 5.41) is 0.0299. The third kappa shape index (κ3) is 2.70. The molecule has 108 valence electrons. The molecule has 8 heteroatoms. The normalized spacial score (nSPS) is 24.7. The molecule has 0 amide bonds. The van der Waals surface area contributed by atoms with E-state index in [1.54, 1.807) is 10.9 Å². The topological polar surface area (TPSA) is 65.3 Å². The number of morpholine rings is 1. The Morgan fingerprint density at radius 3 is 3.25 bits per heavy atom. The van der Waals surface area contributed by atoms with E-state index in [1.807, 2.05) is 0 Å². The smallest absolute Gasteiger partial charge is 0.244 e. The molecule has 3 rings (SSSR count). The predicted octanol–water partition coefficient (Wildman–Crippen LogP) is 0.820. The Kier molecular flexibility index (Phi) is 2.80. The molecule has 0 aromatic carbocycles. The van der Waals surface area contributed by atoms with Gasteiger partial charge in [0.05, 0.1) is 29.3 Å². The van der Waals surface area contributed by atoms with E-state index in [4.69, 9.17) is 26.6 Å². The third-order valence-corrected chi connectivity index (χ3v) is 3.13. The van der Waals surface area contributed by atoms with Crippen LogP contribution in [0.4, 0.5) is 0 Å². The van der Waals surface area contributed by atoms with Crippen LogP contribution in [-0.2, 0) is 11.3 Å². The van der Waals surface area contributed by atoms with E-state index < -0.39 is 13.1 Å². The van der Waals surface area contributed by atoms with Gasteiger partial charge in [0.15, 0.2) is 11.2 Å². The molecule has 20 heavy (non-hydrogen) atoms. The van der Waals surface area contributed by atoms with E-state index in [0.717, 1.165) is 0 Å². The first-order valence-electron chi connectivity index (χ1n) is 8.07. The number of ether oxygens (including phenoxy) is 2. The number of aromatic nitrogens is 4. The van der Waals surface area contributed by atoms with Crippen molar-refractivity contribution in [3.05, 3.63) is 11.6 Å². The van der Waals surface area contributed by atoms with E-state index in [0.29, 0.717) is 24.3 Å². The lowest BCUT2D eigenvalue weighted by atomic mass is 10.4. The summed E-state index contributed by atoms with van der Waals surface area (Å²) in [5.74, 6) is 0.280. The molecule has 0 saturated carbocycles. The number of imidazole rings is 1. The quantitative estimate of drug-likeness (QED) is 0.779. The number of halogens is 1. The van der Waals surface area contributed by atoms with E-state index in [2.05, 4.69) is 15.0 Å². The average Bonchev–Trinajstić information content (AvgIpc) is 2.91. The molecular formula is C12H16ClN5O2. The van der Waals surface area contributed by atoms with Crippen molar-refractivity contribution < 1.29 is 15.0 Å². The minimum Gasteiger partial charge on any atom is -0.479 e. The largest absolute Gasteiger partial charge is 0.479 e. The fraction of sp³-hybridized carbons (Fsp3) is 0.583. The number of nitrogens with zero attached hydrogens (tertiary/aromatic N) is 5.